The predicted molar refractivity (Wildman–Crippen MR) is 62.3 cm³/mol. The summed E-state index contributed by atoms with van der Waals surface area (Å²) in [6.07, 6.45) is 0.874. The molecule has 0 saturated carbocycles. The highest BCUT2D eigenvalue weighted by molar-refractivity contribution is 7.18. The molecule has 2 aromatic heterocycles. The molecular formula is C9H13N5OS. The summed E-state index contributed by atoms with van der Waals surface area (Å²) in [5.74, 6) is 0.813. The first kappa shape index (κ1) is 10.9. The zero-order valence-electron chi connectivity index (χ0n) is 9.17. The van der Waals surface area contributed by atoms with E-state index in [2.05, 4.69) is 15.4 Å². The molecule has 16 heavy (non-hydrogen) atoms. The van der Waals surface area contributed by atoms with Crippen LogP contribution in [0.4, 0.5) is 10.3 Å². The van der Waals surface area contributed by atoms with Gasteiger partial charge in [-0.05, 0) is 6.42 Å². The number of aromatic nitrogens is 3. The van der Waals surface area contributed by atoms with Gasteiger partial charge in [0.1, 0.15) is 0 Å². The SMILES string of the molecule is CCc1cc(CN(C)c2nnc(N)s2)on1. The van der Waals surface area contributed by atoms with Crippen molar-refractivity contribution in [3.8, 4) is 0 Å². The van der Waals surface area contributed by atoms with Crippen LogP contribution in [-0.2, 0) is 13.0 Å². The van der Waals surface area contributed by atoms with Crippen LogP contribution in [0.3, 0.4) is 0 Å². The standard InChI is InChI=1S/C9H13N5OS/c1-3-6-4-7(15-13-6)5-14(2)9-12-11-8(10)16-9/h4H,3,5H2,1-2H3,(H2,10,11). The third kappa shape index (κ3) is 2.30. The van der Waals surface area contributed by atoms with Gasteiger partial charge in [0, 0.05) is 13.1 Å². The van der Waals surface area contributed by atoms with Crippen molar-refractivity contribution in [3.63, 3.8) is 0 Å². The summed E-state index contributed by atoms with van der Waals surface area (Å²) < 4.78 is 5.19. The van der Waals surface area contributed by atoms with Crippen molar-refractivity contribution >= 4 is 21.6 Å². The Morgan fingerprint density at radius 2 is 2.31 bits per heavy atom. The van der Waals surface area contributed by atoms with E-state index in [0.717, 1.165) is 23.0 Å². The van der Waals surface area contributed by atoms with E-state index in [4.69, 9.17) is 10.3 Å². The Morgan fingerprint density at radius 1 is 1.50 bits per heavy atom. The first-order valence-electron chi connectivity index (χ1n) is 4.93. The second-order valence-corrected chi connectivity index (χ2v) is 4.40. The molecule has 86 valence electrons. The van der Waals surface area contributed by atoms with Crippen LogP contribution in [0.2, 0.25) is 0 Å². The highest BCUT2D eigenvalue weighted by Crippen LogP contribution is 2.21. The highest BCUT2D eigenvalue weighted by atomic mass is 32.1. The molecule has 2 aromatic rings. The van der Waals surface area contributed by atoms with E-state index < -0.39 is 0 Å². The van der Waals surface area contributed by atoms with Gasteiger partial charge in [-0.25, -0.2) is 0 Å². The number of nitrogens with zero attached hydrogens (tertiary/aromatic N) is 4. The Labute approximate surface area is 97.1 Å². The van der Waals surface area contributed by atoms with E-state index in [9.17, 15) is 0 Å². The van der Waals surface area contributed by atoms with Gasteiger partial charge in [-0.1, -0.05) is 23.4 Å². The van der Waals surface area contributed by atoms with Crippen LogP contribution in [0.25, 0.3) is 0 Å². The molecule has 0 aliphatic heterocycles. The summed E-state index contributed by atoms with van der Waals surface area (Å²) in [5.41, 5.74) is 6.48. The van der Waals surface area contributed by atoms with Crippen LogP contribution in [-0.4, -0.2) is 22.4 Å². The molecule has 0 aromatic carbocycles. The normalized spacial score (nSPS) is 10.6. The molecule has 6 nitrogen and oxygen atoms in total. The van der Waals surface area contributed by atoms with Gasteiger partial charge in [0.2, 0.25) is 10.3 Å². The molecule has 2 rings (SSSR count). The Hall–Kier alpha value is -1.63. The van der Waals surface area contributed by atoms with Crippen molar-refractivity contribution in [2.24, 2.45) is 0 Å². The van der Waals surface area contributed by atoms with E-state index in [1.807, 2.05) is 24.9 Å². The van der Waals surface area contributed by atoms with Crippen molar-refractivity contribution < 1.29 is 4.52 Å². The van der Waals surface area contributed by atoms with Crippen molar-refractivity contribution in [3.05, 3.63) is 17.5 Å². The minimum Gasteiger partial charge on any atom is -0.374 e. The summed E-state index contributed by atoms with van der Waals surface area (Å²) >= 11 is 1.35. The number of hydrogen-bond donors (Lipinski definition) is 1. The summed E-state index contributed by atoms with van der Waals surface area (Å²) in [5, 5.41) is 12.9. The van der Waals surface area contributed by atoms with Gasteiger partial charge in [0.05, 0.1) is 12.2 Å². The molecule has 0 bridgehead atoms. The second-order valence-electron chi connectivity index (χ2n) is 3.42. The van der Waals surface area contributed by atoms with E-state index in [1.54, 1.807) is 0 Å². The lowest BCUT2D eigenvalue weighted by Gasteiger charge is -2.11. The number of aryl methyl sites for hydroxylation is 1. The van der Waals surface area contributed by atoms with Gasteiger partial charge in [-0.3, -0.25) is 0 Å². The minimum absolute atomic E-state index is 0.466. The molecule has 0 aliphatic rings. The quantitative estimate of drug-likeness (QED) is 0.866. The lowest BCUT2D eigenvalue weighted by atomic mass is 10.3. The predicted octanol–water partition coefficient (Wildman–Crippen LogP) is 1.31. The van der Waals surface area contributed by atoms with Crippen LogP contribution in [0.1, 0.15) is 18.4 Å². The largest absolute Gasteiger partial charge is 0.374 e. The van der Waals surface area contributed by atoms with Crippen LogP contribution < -0.4 is 10.6 Å². The molecular weight excluding hydrogens is 226 g/mol. The smallest absolute Gasteiger partial charge is 0.210 e. The maximum Gasteiger partial charge on any atom is 0.210 e. The topological polar surface area (TPSA) is 81.1 Å². The van der Waals surface area contributed by atoms with Crippen molar-refractivity contribution in [2.75, 3.05) is 17.7 Å². The van der Waals surface area contributed by atoms with Gasteiger partial charge >= 0.3 is 0 Å². The fourth-order valence-electron chi connectivity index (χ4n) is 1.28. The van der Waals surface area contributed by atoms with E-state index in [-0.39, 0.29) is 0 Å². The van der Waals surface area contributed by atoms with Crippen molar-refractivity contribution in [2.45, 2.75) is 19.9 Å². The van der Waals surface area contributed by atoms with Gasteiger partial charge < -0.3 is 15.2 Å². The van der Waals surface area contributed by atoms with Gasteiger partial charge in [0.15, 0.2) is 5.76 Å². The third-order valence-corrected chi connectivity index (χ3v) is 2.99. The third-order valence-electron chi connectivity index (χ3n) is 2.12. The summed E-state index contributed by atoms with van der Waals surface area (Å²) in [6.45, 7) is 2.65. The Balaban J connectivity index is 2.04. The lowest BCUT2D eigenvalue weighted by molar-refractivity contribution is 0.377. The number of nitrogens with two attached hydrogens (primary N) is 1. The summed E-state index contributed by atoms with van der Waals surface area (Å²) in [7, 11) is 1.91. The van der Waals surface area contributed by atoms with E-state index in [1.165, 1.54) is 11.3 Å². The molecule has 0 saturated heterocycles. The fraction of sp³-hybridized carbons (Fsp3) is 0.444. The van der Waals surface area contributed by atoms with Crippen LogP contribution >= 0.6 is 11.3 Å². The number of anilines is 2. The molecule has 0 radical (unpaired) electrons. The van der Waals surface area contributed by atoms with Gasteiger partial charge in [-0.15, -0.1) is 10.2 Å². The fourth-order valence-corrected chi connectivity index (χ4v) is 1.85. The molecule has 0 spiro atoms. The molecule has 0 aliphatic carbocycles. The molecule has 2 heterocycles. The number of nitrogen functional groups attached to an aromatic ring is 1. The molecule has 0 atom stereocenters. The van der Waals surface area contributed by atoms with Crippen LogP contribution in [0.15, 0.2) is 10.6 Å². The lowest BCUT2D eigenvalue weighted by Crippen LogP contribution is -2.15. The van der Waals surface area contributed by atoms with Crippen molar-refractivity contribution in [1.82, 2.24) is 15.4 Å². The maximum atomic E-state index is 5.52. The number of rotatable bonds is 4. The van der Waals surface area contributed by atoms with Crippen molar-refractivity contribution in [1.29, 1.82) is 0 Å². The van der Waals surface area contributed by atoms with Crippen LogP contribution in [0.5, 0.6) is 0 Å². The second kappa shape index (κ2) is 4.48. The average molecular weight is 239 g/mol. The first-order chi connectivity index (χ1) is 7.69. The Kier molecular flexibility index (Phi) is 3.04. The summed E-state index contributed by atoms with van der Waals surface area (Å²) in [4.78, 5) is 1.92. The highest BCUT2D eigenvalue weighted by Gasteiger charge is 2.10. The maximum absolute atomic E-state index is 5.52. The average Bonchev–Trinajstić information content (AvgIpc) is 2.87. The number of hydrogen-bond acceptors (Lipinski definition) is 7. The molecule has 7 heteroatoms. The zero-order chi connectivity index (χ0) is 11.5. The molecule has 0 fully saturated rings. The zero-order valence-corrected chi connectivity index (χ0v) is 9.99. The first-order valence-corrected chi connectivity index (χ1v) is 5.75. The minimum atomic E-state index is 0.466. The van der Waals surface area contributed by atoms with Gasteiger partial charge in [-0.2, -0.15) is 0 Å². The summed E-state index contributed by atoms with van der Waals surface area (Å²) in [6, 6.07) is 1.95. The Bertz CT molecular complexity index is 466. The van der Waals surface area contributed by atoms with E-state index in [0.29, 0.717) is 11.7 Å². The van der Waals surface area contributed by atoms with Gasteiger partial charge in [0.25, 0.3) is 0 Å². The molecule has 0 amide bonds. The Morgan fingerprint density at radius 3 is 2.88 bits per heavy atom. The monoisotopic (exact) mass is 239 g/mol. The van der Waals surface area contributed by atoms with Crippen LogP contribution in [0, 0.1) is 0 Å². The molecule has 2 N–H and O–H groups in total. The molecule has 0 unspecified atom stereocenters. The van der Waals surface area contributed by atoms with E-state index >= 15 is 0 Å².